The fourth-order valence-corrected chi connectivity index (χ4v) is 2.80. The van der Waals surface area contributed by atoms with Crippen molar-refractivity contribution in [1.82, 2.24) is 4.98 Å². The van der Waals surface area contributed by atoms with Crippen molar-refractivity contribution in [3.05, 3.63) is 46.7 Å². The van der Waals surface area contributed by atoms with Crippen molar-refractivity contribution < 1.29 is 32.2 Å². The van der Waals surface area contributed by atoms with Gasteiger partial charge in [-0.15, -0.1) is 0 Å². The Balaban J connectivity index is 2.42. The molecule has 1 aromatic carbocycles. The van der Waals surface area contributed by atoms with E-state index in [9.17, 15) is 18.0 Å². The lowest BCUT2D eigenvalue weighted by Crippen LogP contribution is -2.05. The Morgan fingerprint density at radius 1 is 1.24 bits per heavy atom. The number of thiazole rings is 1. The fraction of sp³-hybridized carbons (Fsp3) is 0.250. The van der Waals surface area contributed by atoms with Crippen LogP contribution in [-0.2, 0) is 20.4 Å². The highest BCUT2D eigenvalue weighted by Gasteiger charge is 2.36. The number of alkyl halides is 3. The van der Waals surface area contributed by atoms with Crippen molar-refractivity contribution in [2.45, 2.75) is 13.1 Å². The van der Waals surface area contributed by atoms with Crippen LogP contribution in [-0.4, -0.2) is 25.2 Å². The zero-order valence-corrected chi connectivity index (χ0v) is 14.3. The van der Waals surface area contributed by atoms with Gasteiger partial charge in [-0.2, -0.15) is 13.2 Å². The zero-order chi connectivity index (χ0) is 18.6. The van der Waals surface area contributed by atoms with E-state index in [1.165, 1.54) is 33.5 Å². The molecule has 5 nitrogen and oxygen atoms in total. The molecule has 0 radical (unpaired) electrons. The number of aromatic nitrogens is 1. The normalized spacial score (nSPS) is 12.0. The molecule has 2 aromatic rings. The van der Waals surface area contributed by atoms with Crippen molar-refractivity contribution in [2.24, 2.45) is 0 Å². The number of carbonyl (C=O) groups is 1. The molecule has 0 N–H and O–H groups in total. The lowest BCUT2D eigenvalue weighted by atomic mass is 10.1. The van der Waals surface area contributed by atoms with E-state index in [1.807, 2.05) is 0 Å². The van der Waals surface area contributed by atoms with Gasteiger partial charge in [0.15, 0.2) is 0 Å². The highest BCUT2D eigenvalue weighted by molar-refractivity contribution is 7.13. The SMILES string of the molecule is CO/C=C(/C(=O)OC)c1ccccc1Oc1nc(C)c(C(F)(F)F)s1. The summed E-state index contributed by atoms with van der Waals surface area (Å²) in [6.45, 7) is 1.25. The van der Waals surface area contributed by atoms with Gasteiger partial charge in [-0.1, -0.05) is 29.5 Å². The van der Waals surface area contributed by atoms with Crippen LogP contribution in [0.5, 0.6) is 10.9 Å². The van der Waals surface area contributed by atoms with Crippen LogP contribution in [0.15, 0.2) is 30.5 Å². The van der Waals surface area contributed by atoms with E-state index in [0.29, 0.717) is 16.9 Å². The third-order valence-electron chi connectivity index (χ3n) is 3.05. The maximum absolute atomic E-state index is 12.9. The third-order valence-corrected chi connectivity index (χ3v) is 4.13. The number of hydrogen-bond donors (Lipinski definition) is 0. The molecule has 0 saturated heterocycles. The summed E-state index contributed by atoms with van der Waals surface area (Å²) in [6, 6.07) is 6.32. The average molecular weight is 373 g/mol. The van der Waals surface area contributed by atoms with Gasteiger partial charge in [0.05, 0.1) is 26.2 Å². The Hall–Kier alpha value is -2.55. The molecule has 0 aliphatic carbocycles. The van der Waals surface area contributed by atoms with Crippen LogP contribution in [0.2, 0.25) is 0 Å². The van der Waals surface area contributed by atoms with Gasteiger partial charge in [0.25, 0.3) is 5.19 Å². The number of benzene rings is 1. The molecular formula is C16H14F3NO4S. The Bertz CT molecular complexity index is 799. The first kappa shape index (κ1) is 18.8. The minimum Gasteiger partial charge on any atom is -0.503 e. The molecule has 25 heavy (non-hydrogen) atoms. The predicted octanol–water partition coefficient (Wildman–Crippen LogP) is 4.42. The summed E-state index contributed by atoms with van der Waals surface area (Å²) < 4.78 is 53.7. The third kappa shape index (κ3) is 4.30. The summed E-state index contributed by atoms with van der Waals surface area (Å²) in [5.74, 6) is -0.525. The number of aryl methyl sites for hydroxylation is 1. The molecular weight excluding hydrogens is 359 g/mol. The number of para-hydroxylation sites is 1. The summed E-state index contributed by atoms with van der Waals surface area (Å²) in [5, 5.41) is -0.182. The quantitative estimate of drug-likeness (QED) is 0.441. The molecule has 1 heterocycles. The second kappa shape index (κ2) is 7.56. The zero-order valence-electron chi connectivity index (χ0n) is 13.5. The number of rotatable bonds is 5. The molecule has 0 atom stereocenters. The maximum atomic E-state index is 12.9. The number of halogens is 3. The Labute approximate surface area is 145 Å². The van der Waals surface area contributed by atoms with Gasteiger partial charge in [-0.3, -0.25) is 0 Å². The van der Waals surface area contributed by atoms with Crippen LogP contribution in [0.25, 0.3) is 5.57 Å². The monoisotopic (exact) mass is 373 g/mol. The molecule has 0 unspecified atom stereocenters. The Morgan fingerprint density at radius 2 is 1.92 bits per heavy atom. The summed E-state index contributed by atoms with van der Waals surface area (Å²) in [4.78, 5) is 14.9. The van der Waals surface area contributed by atoms with E-state index in [0.717, 1.165) is 0 Å². The maximum Gasteiger partial charge on any atom is 0.427 e. The molecule has 0 spiro atoms. The molecule has 0 amide bonds. The minimum absolute atomic E-state index is 0.0601. The lowest BCUT2D eigenvalue weighted by Gasteiger charge is -2.10. The number of carbonyl (C=O) groups excluding carboxylic acids is 1. The Kier molecular flexibility index (Phi) is 5.68. The van der Waals surface area contributed by atoms with Crippen LogP contribution in [0, 0.1) is 6.92 Å². The smallest absolute Gasteiger partial charge is 0.427 e. The van der Waals surface area contributed by atoms with E-state index in [1.54, 1.807) is 18.2 Å². The molecule has 0 bridgehead atoms. The summed E-state index contributed by atoms with van der Waals surface area (Å²) in [7, 11) is 2.56. The largest absolute Gasteiger partial charge is 0.503 e. The van der Waals surface area contributed by atoms with Crippen molar-refractivity contribution >= 4 is 22.9 Å². The van der Waals surface area contributed by atoms with Gasteiger partial charge in [-0.05, 0) is 13.0 Å². The number of methoxy groups -OCH3 is 2. The molecule has 0 aliphatic rings. The standard InChI is InChI=1S/C16H14F3NO4S/c1-9-13(16(17,18)19)25-15(20-9)24-12-7-5-4-6-10(12)11(8-22-2)14(21)23-3/h4-8H,1-3H3/b11-8+. The second-order valence-electron chi connectivity index (χ2n) is 4.75. The van der Waals surface area contributed by atoms with E-state index in [2.05, 4.69) is 9.72 Å². The highest BCUT2D eigenvalue weighted by Crippen LogP contribution is 2.41. The molecule has 0 saturated carbocycles. The first-order valence-electron chi connectivity index (χ1n) is 6.91. The highest BCUT2D eigenvalue weighted by atomic mass is 32.1. The van der Waals surface area contributed by atoms with Gasteiger partial charge in [0.1, 0.15) is 16.2 Å². The van der Waals surface area contributed by atoms with Gasteiger partial charge in [0, 0.05) is 5.56 Å². The number of hydrogen-bond acceptors (Lipinski definition) is 6. The van der Waals surface area contributed by atoms with Crippen molar-refractivity contribution in [2.75, 3.05) is 14.2 Å². The van der Waals surface area contributed by atoms with Crippen LogP contribution in [0.1, 0.15) is 16.1 Å². The molecule has 9 heteroatoms. The topological polar surface area (TPSA) is 57.7 Å². The Morgan fingerprint density at radius 3 is 2.48 bits per heavy atom. The van der Waals surface area contributed by atoms with E-state index in [4.69, 9.17) is 9.47 Å². The average Bonchev–Trinajstić information content (AvgIpc) is 2.93. The summed E-state index contributed by atoms with van der Waals surface area (Å²) >= 11 is 0.384. The molecule has 1 aromatic heterocycles. The van der Waals surface area contributed by atoms with Crippen LogP contribution >= 0.6 is 11.3 Å². The van der Waals surface area contributed by atoms with Gasteiger partial charge in [-0.25, -0.2) is 9.78 Å². The van der Waals surface area contributed by atoms with Crippen molar-refractivity contribution in [3.8, 4) is 10.9 Å². The second-order valence-corrected chi connectivity index (χ2v) is 5.71. The number of esters is 1. The van der Waals surface area contributed by atoms with Gasteiger partial charge >= 0.3 is 12.1 Å². The predicted molar refractivity (Wildman–Crippen MR) is 85.4 cm³/mol. The first-order chi connectivity index (χ1) is 11.8. The lowest BCUT2D eigenvalue weighted by molar-refractivity contribution is -0.135. The molecule has 0 fully saturated rings. The van der Waals surface area contributed by atoms with Gasteiger partial charge in [0.2, 0.25) is 0 Å². The molecule has 134 valence electrons. The van der Waals surface area contributed by atoms with Crippen molar-refractivity contribution in [3.63, 3.8) is 0 Å². The fourth-order valence-electron chi connectivity index (χ4n) is 2.00. The van der Waals surface area contributed by atoms with E-state index >= 15 is 0 Å². The van der Waals surface area contributed by atoms with E-state index < -0.39 is 17.0 Å². The number of ether oxygens (including phenoxy) is 3. The van der Waals surface area contributed by atoms with Crippen LogP contribution in [0.4, 0.5) is 13.2 Å². The minimum atomic E-state index is -4.50. The van der Waals surface area contributed by atoms with Crippen molar-refractivity contribution in [1.29, 1.82) is 0 Å². The van der Waals surface area contributed by atoms with E-state index in [-0.39, 0.29) is 22.2 Å². The molecule has 2 rings (SSSR count). The van der Waals surface area contributed by atoms with Crippen LogP contribution in [0.3, 0.4) is 0 Å². The summed E-state index contributed by atoms with van der Waals surface area (Å²) in [5.41, 5.74) is 0.188. The number of nitrogens with zero attached hydrogens (tertiary/aromatic N) is 1. The molecule has 0 aliphatic heterocycles. The first-order valence-corrected chi connectivity index (χ1v) is 7.72. The summed E-state index contributed by atoms with van der Waals surface area (Å²) in [6.07, 6.45) is -3.34. The van der Waals surface area contributed by atoms with Gasteiger partial charge < -0.3 is 14.2 Å². The van der Waals surface area contributed by atoms with Crippen LogP contribution < -0.4 is 4.74 Å².